The Balaban J connectivity index is 1.64. The first-order chi connectivity index (χ1) is 15.8. The number of ketones is 1. The fraction of sp³-hybridized carbons (Fsp3) is 0.667. The Bertz CT molecular complexity index is 1020. The molecule has 0 aromatic carbocycles. The van der Waals surface area contributed by atoms with E-state index in [1.54, 1.807) is 17.3 Å². The van der Waals surface area contributed by atoms with Crippen LogP contribution in [0.4, 0.5) is 4.79 Å². The molecule has 0 radical (unpaired) electrons. The van der Waals surface area contributed by atoms with E-state index >= 15 is 0 Å². The lowest BCUT2D eigenvalue weighted by atomic mass is 10.1. The second-order valence-electron chi connectivity index (χ2n) is 11.1. The van der Waals surface area contributed by atoms with Crippen LogP contribution in [-0.4, -0.2) is 70.8 Å². The molecule has 188 valence electrons. The molecule has 0 aliphatic carbocycles. The number of fused-ring (bicyclic) bond motifs is 1. The first kappa shape index (κ1) is 26.1. The van der Waals surface area contributed by atoms with E-state index in [-0.39, 0.29) is 18.0 Å². The second kappa shape index (κ2) is 10.4. The minimum absolute atomic E-state index is 0.0806. The van der Waals surface area contributed by atoms with Crippen LogP contribution in [0, 0.1) is 0 Å². The second-order valence-corrected chi connectivity index (χ2v) is 16.7. The fourth-order valence-corrected chi connectivity index (χ4v) is 4.40. The molecule has 0 N–H and O–H groups in total. The number of piperidine rings is 1. The number of carbonyl (C=O) groups excluding carboxylic acids is 2. The molecule has 0 saturated carbocycles. The van der Waals surface area contributed by atoms with Crippen LogP contribution < -0.4 is 4.74 Å². The average Bonchev–Trinajstić information content (AvgIpc) is 3.08. The van der Waals surface area contributed by atoms with Crippen molar-refractivity contribution in [3.8, 4) is 5.88 Å². The highest BCUT2D eigenvalue weighted by molar-refractivity contribution is 6.76. The van der Waals surface area contributed by atoms with Gasteiger partial charge in [-0.15, -0.1) is 0 Å². The summed E-state index contributed by atoms with van der Waals surface area (Å²) in [5.74, 6) is 0.297. The van der Waals surface area contributed by atoms with Gasteiger partial charge in [0.15, 0.2) is 11.4 Å². The predicted molar refractivity (Wildman–Crippen MR) is 133 cm³/mol. The molecule has 0 bridgehead atoms. The number of Topliss-reactive ketones (excluding diaryl/α,β-unsaturated/α-hetero) is 1. The normalized spacial score (nSPS) is 15.6. The highest BCUT2D eigenvalue weighted by Crippen LogP contribution is 2.24. The summed E-state index contributed by atoms with van der Waals surface area (Å²) in [6.45, 7) is 16.1. The van der Waals surface area contributed by atoms with Gasteiger partial charge in [-0.1, -0.05) is 19.6 Å². The number of hydrogen-bond donors (Lipinski definition) is 0. The van der Waals surface area contributed by atoms with Gasteiger partial charge in [-0.25, -0.2) is 14.8 Å². The third kappa shape index (κ3) is 7.27. The van der Waals surface area contributed by atoms with E-state index in [1.807, 2.05) is 25.3 Å². The van der Waals surface area contributed by atoms with Crippen molar-refractivity contribution in [2.45, 2.75) is 84.7 Å². The summed E-state index contributed by atoms with van der Waals surface area (Å²) in [5.41, 5.74) is 1.11. The zero-order valence-corrected chi connectivity index (χ0v) is 22.5. The van der Waals surface area contributed by atoms with E-state index in [2.05, 4.69) is 29.6 Å². The number of hydrogen-bond acceptors (Lipinski definition) is 7. The van der Waals surface area contributed by atoms with E-state index in [4.69, 9.17) is 14.2 Å². The Morgan fingerprint density at radius 2 is 1.85 bits per heavy atom. The smallest absolute Gasteiger partial charge is 0.410 e. The first-order valence-electron chi connectivity index (χ1n) is 11.9. The van der Waals surface area contributed by atoms with Gasteiger partial charge >= 0.3 is 6.09 Å². The van der Waals surface area contributed by atoms with Crippen LogP contribution in [0.15, 0.2) is 12.4 Å². The summed E-state index contributed by atoms with van der Waals surface area (Å²) >= 11 is 0. The van der Waals surface area contributed by atoms with Crippen LogP contribution in [0.3, 0.4) is 0 Å². The summed E-state index contributed by atoms with van der Waals surface area (Å²) < 4.78 is 19.2. The predicted octanol–water partition coefficient (Wildman–Crippen LogP) is 4.72. The van der Waals surface area contributed by atoms with Crippen LogP contribution in [0.25, 0.3) is 11.2 Å². The van der Waals surface area contributed by atoms with Gasteiger partial charge in [0.2, 0.25) is 5.88 Å². The Hall–Kier alpha value is -2.46. The van der Waals surface area contributed by atoms with Gasteiger partial charge in [0.1, 0.15) is 24.0 Å². The molecule has 1 aliphatic heterocycles. The molecule has 1 amide bonds. The Labute approximate surface area is 202 Å². The van der Waals surface area contributed by atoms with Crippen molar-refractivity contribution < 1.29 is 23.8 Å². The van der Waals surface area contributed by atoms with Gasteiger partial charge in [0.05, 0.1) is 11.8 Å². The molecule has 1 fully saturated rings. The fourth-order valence-electron chi connectivity index (χ4n) is 3.64. The van der Waals surface area contributed by atoms with Crippen LogP contribution in [-0.2, 0) is 16.2 Å². The zero-order valence-electron chi connectivity index (χ0n) is 21.5. The molecule has 0 spiro atoms. The number of rotatable bonds is 8. The van der Waals surface area contributed by atoms with Gasteiger partial charge in [0.25, 0.3) is 0 Å². The van der Waals surface area contributed by atoms with Crippen LogP contribution in [0.2, 0.25) is 25.7 Å². The lowest BCUT2D eigenvalue weighted by Gasteiger charge is -2.33. The van der Waals surface area contributed by atoms with E-state index in [9.17, 15) is 9.59 Å². The SMILES string of the molecule is CC(=O)c1cn(COCC[Si](C)(C)C)c2ncc(OC3CCN(C(=O)OC(C)(C)C)CC3)nc12. The molecule has 0 unspecified atom stereocenters. The summed E-state index contributed by atoms with van der Waals surface area (Å²) in [6, 6.07) is 1.07. The summed E-state index contributed by atoms with van der Waals surface area (Å²) in [6.07, 6.45) is 4.30. The van der Waals surface area contributed by atoms with Gasteiger partial charge in [0, 0.05) is 46.8 Å². The van der Waals surface area contributed by atoms with Crippen molar-refractivity contribution in [1.82, 2.24) is 19.4 Å². The first-order valence-corrected chi connectivity index (χ1v) is 15.6. The molecule has 0 atom stereocenters. The van der Waals surface area contributed by atoms with Crippen molar-refractivity contribution in [2.75, 3.05) is 19.7 Å². The lowest BCUT2D eigenvalue weighted by Crippen LogP contribution is -2.44. The molecule has 1 saturated heterocycles. The molecule has 2 aromatic rings. The number of amides is 1. The molecule has 10 heteroatoms. The third-order valence-electron chi connectivity index (χ3n) is 5.53. The molecular weight excluding hydrogens is 452 g/mol. The number of nitrogens with zero attached hydrogens (tertiary/aromatic N) is 4. The minimum atomic E-state index is -1.17. The largest absolute Gasteiger partial charge is 0.473 e. The monoisotopic (exact) mass is 490 g/mol. The maximum Gasteiger partial charge on any atom is 0.410 e. The molecule has 3 heterocycles. The standard InChI is InChI=1S/C24H38N4O5Si/c1-17(29)19-15-28(16-31-12-13-34(5,6)7)22-21(19)26-20(14-25-22)32-18-8-10-27(11-9-18)23(30)33-24(2,3)4/h14-15,18H,8-13,16H2,1-7H3. The van der Waals surface area contributed by atoms with Gasteiger partial charge in [-0.3, -0.25) is 4.79 Å². The number of aromatic nitrogens is 3. The average molecular weight is 491 g/mol. The lowest BCUT2D eigenvalue weighted by molar-refractivity contribution is 0.0123. The topological polar surface area (TPSA) is 95.8 Å². The third-order valence-corrected chi connectivity index (χ3v) is 7.23. The van der Waals surface area contributed by atoms with Crippen molar-refractivity contribution >= 4 is 31.1 Å². The van der Waals surface area contributed by atoms with Gasteiger partial charge in [-0.2, -0.15) is 0 Å². The summed E-state index contributed by atoms with van der Waals surface area (Å²) in [4.78, 5) is 35.3. The molecule has 2 aromatic heterocycles. The Kier molecular flexibility index (Phi) is 8.02. The number of likely N-dealkylation sites (tertiary alicyclic amines) is 1. The highest BCUT2D eigenvalue weighted by atomic mass is 28.3. The van der Waals surface area contributed by atoms with Crippen LogP contribution in [0.5, 0.6) is 5.88 Å². The summed E-state index contributed by atoms with van der Waals surface area (Å²) in [5, 5.41) is 0. The van der Waals surface area contributed by atoms with Crippen LogP contribution >= 0.6 is 0 Å². The van der Waals surface area contributed by atoms with Crippen LogP contribution in [0.1, 0.15) is 50.9 Å². The minimum Gasteiger partial charge on any atom is -0.473 e. The van der Waals surface area contributed by atoms with E-state index in [0.717, 1.165) is 6.04 Å². The number of ether oxygens (including phenoxy) is 3. The molecule has 34 heavy (non-hydrogen) atoms. The highest BCUT2D eigenvalue weighted by Gasteiger charge is 2.28. The Morgan fingerprint density at radius 3 is 2.44 bits per heavy atom. The maximum absolute atomic E-state index is 12.3. The van der Waals surface area contributed by atoms with Crippen molar-refractivity contribution in [1.29, 1.82) is 0 Å². The summed E-state index contributed by atoms with van der Waals surface area (Å²) in [7, 11) is -1.17. The molecule has 9 nitrogen and oxygen atoms in total. The molecular formula is C24H38N4O5Si. The van der Waals surface area contributed by atoms with E-state index in [0.29, 0.717) is 61.9 Å². The van der Waals surface area contributed by atoms with Crippen molar-refractivity contribution in [3.05, 3.63) is 18.0 Å². The van der Waals surface area contributed by atoms with E-state index in [1.165, 1.54) is 6.92 Å². The van der Waals surface area contributed by atoms with Gasteiger partial charge in [-0.05, 0) is 33.7 Å². The van der Waals surface area contributed by atoms with Gasteiger partial charge < -0.3 is 23.7 Å². The molecule has 3 rings (SSSR count). The number of carbonyl (C=O) groups is 2. The molecule has 1 aliphatic rings. The quantitative estimate of drug-likeness (QED) is 0.300. The maximum atomic E-state index is 12.3. The Morgan fingerprint density at radius 1 is 1.18 bits per heavy atom. The van der Waals surface area contributed by atoms with Crippen molar-refractivity contribution in [3.63, 3.8) is 0 Å². The van der Waals surface area contributed by atoms with Crippen molar-refractivity contribution in [2.24, 2.45) is 0 Å². The zero-order chi connectivity index (χ0) is 25.1. The van der Waals surface area contributed by atoms with E-state index < -0.39 is 13.7 Å².